The molecule has 0 radical (unpaired) electrons. The van der Waals surface area contributed by atoms with Gasteiger partial charge in [0.25, 0.3) is 5.91 Å². The van der Waals surface area contributed by atoms with Crippen molar-refractivity contribution in [3.05, 3.63) is 35.3 Å². The molecule has 3 heterocycles. The van der Waals surface area contributed by atoms with E-state index in [1.807, 2.05) is 31.3 Å². The van der Waals surface area contributed by atoms with Gasteiger partial charge in [-0.25, -0.2) is 4.98 Å². The molecule has 0 spiro atoms. The topological polar surface area (TPSA) is 66.0 Å². The van der Waals surface area contributed by atoms with Crippen LogP contribution in [-0.2, 0) is 0 Å². The minimum atomic E-state index is -0.0000509. The largest absolute Gasteiger partial charge is 0.388 e. The van der Waals surface area contributed by atoms with Crippen molar-refractivity contribution in [1.29, 1.82) is 0 Å². The molecular weight excluding hydrogens is 308 g/mol. The summed E-state index contributed by atoms with van der Waals surface area (Å²) in [6.45, 7) is 0. The van der Waals surface area contributed by atoms with Crippen molar-refractivity contribution in [2.75, 3.05) is 12.4 Å². The lowest BCUT2D eigenvalue weighted by Gasteiger charge is -2.20. The fraction of sp³-hybridized carbons (Fsp3) is 0.412. The molecule has 4 rings (SSSR count). The maximum Gasteiger partial charge on any atom is 0.263 e. The SMILES string of the molecule is CNc1ccc(-c2ncc(C(=O)NC3CC4CCC3N4)s2)cc1. The van der Waals surface area contributed by atoms with E-state index in [9.17, 15) is 4.79 Å². The smallest absolute Gasteiger partial charge is 0.263 e. The third kappa shape index (κ3) is 2.84. The van der Waals surface area contributed by atoms with Crippen LogP contribution in [0.15, 0.2) is 30.5 Å². The van der Waals surface area contributed by atoms with Crippen LogP contribution in [0.25, 0.3) is 10.6 Å². The summed E-state index contributed by atoms with van der Waals surface area (Å²) >= 11 is 1.45. The van der Waals surface area contributed by atoms with Crippen molar-refractivity contribution in [3.63, 3.8) is 0 Å². The molecule has 2 aliphatic heterocycles. The highest BCUT2D eigenvalue weighted by molar-refractivity contribution is 7.16. The third-order valence-corrected chi connectivity index (χ3v) is 5.81. The first kappa shape index (κ1) is 14.7. The number of carbonyl (C=O) groups excluding carboxylic acids is 1. The second-order valence-corrected chi connectivity index (χ2v) is 7.25. The van der Waals surface area contributed by atoms with Crippen LogP contribution < -0.4 is 16.0 Å². The zero-order valence-electron chi connectivity index (χ0n) is 13.0. The molecule has 0 saturated carbocycles. The first-order valence-corrected chi connectivity index (χ1v) is 8.85. The fourth-order valence-corrected chi connectivity index (χ4v) is 4.34. The Morgan fingerprint density at radius 2 is 2.13 bits per heavy atom. The summed E-state index contributed by atoms with van der Waals surface area (Å²) in [5, 5.41) is 10.7. The van der Waals surface area contributed by atoms with Gasteiger partial charge in [0.15, 0.2) is 0 Å². The second kappa shape index (κ2) is 5.94. The van der Waals surface area contributed by atoms with Crippen LogP contribution in [0, 0.1) is 0 Å². The van der Waals surface area contributed by atoms with E-state index in [0.29, 0.717) is 17.0 Å². The van der Waals surface area contributed by atoms with Crippen LogP contribution in [0.2, 0.25) is 0 Å². The Labute approximate surface area is 139 Å². The summed E-state index contributed by atoms with van der Waals surface area (Å²) in [6, 6.07) is 9.37. The average Bonchev–Trinajstić information content (AvgIpc) is 3.31. The molecule has 5 nitrogen and oxygen atoms in total. The molecule has 1 aromatic carbocycles. The van der Waals surface area contributed by atoms with Crippen molar-refractivity contribution >= 4 is 22.9 Å². The van der Waals surface area contributed by atoms with Gasteiger partial charge in [-0.1, -0.05) is 0 Å². The predicted molar refractivity (Wildman–Crippen MR) is 92.9 cm³/mol. The molecule has 0 aliphatic carbocycles. The number of benzene rings is 1. The zero-order valence-corrected chi connectivity index (χ0v) is 13.8. The highest BCUT2D eigenvalue weighted by atomic mass is 32.1. The third-order valence-electron chi connectivity index (χ3n) is 4.77. The van der Waals surface area contributed by atoms with E-state index in [1.165, 1.54) is 24.2 Å². The van der Waals surface area contributed by atoms with Crippen molar-refractivity contribution in [3.8, 4) is 10.6 Å². The van der Waals surface area contributed by atoms with Crippen LogP contribution in [-0.4, -0.2) is 36.1 Å². The van der Waals surface area contributed by atoms with E-state index in [4.69, 9.17) is 0 Å². The number of nitrogens with one attached hydrogen (secondary N) is 3. The number of rotatable bonds is 4. The maximum atomic E-state index is 12.4. The molecule has 3 atom stereocenters. The Morgan fingerprint density at radius 3 is 2.78 bits per heavy atom. The van der Waals surface area contributed by atoms with Crippen LogP contribution >= 0.6 is 11.3 Å². The van der Waals surface area contributed by atoms with Crippen molar-refractivity contribution in [1.82, 2.24) is 15.6 Å². The first-order chi connectivity index (χ1) is 11.2. The minimum Gasteiger partial charge on any atom is -0.388 e. The van der Waals surface area contributed by atoms with Gasteiger partial charge < -0.3 is 16.0 Å². The molecule has 6 heteroatoms. The molecule has 1 aromatic heterocycles. The molecule has 2 bridgehead atoms. The van der Waals surface area contributed by atoms with Gasteiger partial charge in [0.2, 0.25) is 0 Å². The van der Waals surface area contributed by atoms with E-state index in [-0.39, 0.29) is 11.9 Å². The van der Waals surface area contributed by atoms with E-state index in [2.05, 4.69) is 20.9 Å². The molecule has 3 N–H and O–H groups in total. The Balaban J connectivity index is 1.45. The molecule has 1 amide bonds. The summed E-state index contributed by atoms with van der Waals surface area (Å²) in [6.07, 6.45) is 5.14. The lowest BCUT2D eigenvalue weighted by Crippen LogP contribution is -2.42. The lowest BCUT2D eigenvalue weighted by molar-refractivity contribution is 0.0935. The zero-order chi connectivity index (χ0) is 15.8. The molecule has 2 aliphatic rings. The van der Waals surface area contributed by atoms with E-state index in [1.54, 1.807) is 6.20 Å². The number of hydrogen-bond acceptors (Lipinski definition) is 5. The highest BCUT2D eigenvalue weighted by Gasteiger charge is 2.39. The summed E-state index contributed by atoms with van der Waals surface area (Å²) in [5.41, 5.74) is 2.10. The van der Waals surface area contributed by atoms with Crippen molar-refractivity contribution < 1.29 is 4.79 Å². The van der Waals surface area contributed by atoms with E-state index >= 15 is 0 Å². The Bertz CT molecular complexity index is 712. The quantitative estimate of drug-likeness (QED) is 0.807. The van der Waals surface area contributed by atoms with Crippen LogP contribution in [0.5, 0.6) is 0 Å². The Kier molecular flexibility index (Phi) is 3.79. The van der Waals surface area contributed by atoms with Gasteiger partial charge >= 0.3 is 0 Å². The molecule has 3 unspecified atom stereocenters. The van der Waals surface area contributed by atoms with Crippen molar-refractivity contribution in [2.24, 2.45) is 0 Å². The van der Waals surface area contributed by atoms with Gasteiger partial charge in [0.05, 0.1) is 6.20 Å². The van der Waals surface area contributed by atoms with Gasteiger partial charge in [-0.2, -0.15) is 0 Å². The summed E-state index contributed by atoms with van der Waals surface area (Å²) in [7, 11) is 1.89. The molecule has 23 heavy (non-hydrogen) atoms. The lowest BCUT2D eigenvalue weighted by atomic mass is 9.95. The van der Waals surface area contributed by atoms with Crippen LogP contribution in [0.3, 0.4) is 0 Å². The number of hydrogen-bond donors (Lipinski definition) is 3. The predicted octanol–water partition coefficient (Wildman–Crippen LogP) is 2.47. The van der Waals surface area contributed by atoms with E-state index < -0.39 is 0 Å². The summed E-state index contributed by atoms with van der Waals surface area (Å²) in [5.74, 6) is -0.0000509. The number of fused-ring (bicyclic) bond motifs is 2. The van der Waals surface area contributed by atoms with Gasteiger partial charge in [0.1, 0.15) is 9.88 Å². The van der Waals surface area contributed by atoms with E-state index in [0.717, 1.165) is 22.7 Å². The van der Waals surface area contributed by atoms with Crippen LogP contribution in [0.4, 0.5) is 5.69 Å². The molecule has 2 fully saturated rings. The number of anilines is 1. The Morgan fingerprint density at radius 1 is 1.30 bits per heavy atom. The van der Waals surface area contributed by atoms with Crippen molar-refractivity contribution in [2.45, 2.75) is 37.4 Å². The number of amides is 1. The molecule has 120 valence electrons. The number of carbonyl (C=O) groups is 1. The van der Waals surface area contributed by atoms with Gasteiger partial charge in [-0.15, -0.1) is 11.3 Å². The average molecular weight is 328 g/mol. The molecular formula is C17H20N4OS. The van der Waals surface area contributed by atoms with Gasteiger partial charge in [-0.05, 0) is 43.5 Å². The van der Waals surface area contributed by atoms with Gasteiger partial charge in [0, 0.05) is 36.4 Å². The Hall–Kier alpha value is -1.92. The second-order valence-electron chi connectivity index (χ2n) is 6.22. The summed E-state index contributed by atoms with van der Waals surface area (Å²) < 4.78 is 0. The number of nitrogens with zero attached hydrogens (tertiary/aromatic N) is 1. The summed E-state index contributed by atoms with van der Waals surface area (Å²) in [4.78, 5) is 17.5. The number of aromatic nitrogens is 1. The fourth-order valence-electron chi connectivity index (χ4n) is 3.52. The minimum absolute atomic E-state index is 0.0000509. The first-order valence-electron chi connectivity index (χ1n) is 8.04. The molecule has 2 aromatic rings. The van der Waals surface area contributed by atoms with Crippen LogP contribution in [0.1, 0.15) is 28.9 Å². The number of thiazole rings is 1. The maximum absolute atomic E-state index is 12.4. The van der Waals surface area contributed by atoms with Gasteiger partial charge in [-0.3, -0.25) is 4.79 Å². The standard InChI is InChI=1S/C17H20N4OS/c1-18-11-4-2-10(3-5-11)17-19-9-15(23-17)16(22)21-14-8-12-6-7-13(14)20-12/h2-5,9,12-14,18,20H,6-8H2,1H3,(H,21,22). The monoisotopic (exact) mass is 328 g/mol. The normalized spacial score (nSPS) is 25.5. The highest BCUT2D eigenvalue weighted by Crippen LogP contribution is 2.30. The molecule has 2 saturated heterocycles.